The van der Waals surface area contributed by atoms with E-state index < -0.39 is 5.41 Å². The Bertz CT molecular complexity index is 160. The average Bonchev–Trinajstić information content (AvgIpc) is 2.09. The van der Waals surface area contributed by atoms with Crippen LogP contribution in [-0.4, -0.2) is 24.4 Å². The number of unbranched alkanes of at least 4 members (excludes halogenated alkanes) is 2. The van der Waals surface area contributed by atoms with E-state index in [0.29, 0.717) is 13.2 Å². The van der Waals surface area contributed by atoms with Crippen LogP contribution in [0.4, 0.5) is 0 Å². The molecule has 0 atom stereocenters. The summed E-state index contributed by atoms with van der Waals surface area (Å²) in [6.45, 7) is 6.27. The van der Waals surface area contributed by atoms with Crippen LogP contribution in [0.15, 0.2) is 0 Å². The first-order chi connectivity index (χ1) is 6.48. The number of carbonyl (C=O) groups is 1. The van der Waals surface area contributed by atoms with E-state index in [0.717, 1.165) is 19.3 Å². The Labute approximate surface area is 85.1 Å². The topological polar surface area (TPSA) is 55.8 Å². The molecule has 4 heteroatoms. The van der Waals surface area contributed by atoms with Crippen LogP contribution in [0, 0.1) is 5.41 Å². The molecule has 0 amide bonds. The molecule has 4 nitrogen and oxygen atoms in total. The van der Waals surface area contributed by atoms with Gasteiger partial charge in [-0.05, 0) is 40.0 Å². The molecule has 0 unspecified atom stereocenters. The zero-order chi connectivity index (χ0) is 11.0. The molecule has 0 spiro atoms. The molecule has 0 aromatic heterocycles. The van der Waals surface area contributed by atoms with Gasteiger partial charge in [0.15, 0.2) is 0 Å². The van der Waals surface area contributed by atoms with Gasteiger partial charge < -0.3 is 4.74 Å². The van der Waals surface area contributed by atoms with Crippen LogP contribution in [0.25, 0.3) is 0 Å². The Hall–Kier alpha value is -0.610. The van der Waals surface area contributed by atoms with Gasteiger partial charge in [-0.3, -0.25) is 10.1 Å². The van der Waals surface area contributed by atoms with Gasteiger partial charge in [-0.2, -0.15) is 0 Å². The van der Waals surface area contributed by atoms with Crippen LogP contribution < -0.4 is 0 Å². The van der Waals surface area contributed by atoms with Crippen LogP contribution in [0.1, 0.15) is 40.0 Å². The lowest BCUT2D eigenvalue weighted by Gasteiger charge is -2.16. The lowest BCUT2D eigenvalue weighted by Crippen LogP contribution is -2.23. The first-order valence-electron chi connectivity index (χ1n) is 4.92. The Kier molecular flexibility index (Phi) is 6.49. The second-order valence-electron chi connectivity index (χ2n) is 4.28. The second-order valence-corrected chi connectivity index (χ2v) is 4.28. The van der Waals surface area contributed by atoms with Gasteiger partial charge in [0.2, 0.25) is 0 Å². The van der Waals surface area contributed by atoms with Gasteiger partial charge in [-0.1, -0.05) is 0 Å². The number of esters is 1. The molecule has 0 aliphatic heterocycles. The summed E-state index contributed by atoms with van der Waals surface area (Å²) in [5.74, 6) is -0.170. The Morgan fingerprint density at radius 3 is 2.21 bits per heavy atom. The van der Waals surface area contributed by atoms with E-state index in [4.69, 9.17) is 9.99 Å². The number of rotatable bonds is 6. The van der Waals surface area contributed by atoms with Gasteiger partial charge in [-0.15, -0.1) is 0 Å². The zero-order valence-electron chi connectivity index (χ0n) is 9.21. The minimum atomic E-state index is -0.422. The van der Waals surface area contributed by atoms with Crippen molar-refractivity contribution in [1.82, 2.24) is 0 Å². The molecule has 0 radical (unpaired) electrons. The summed E-state index contributed by atoms with van der Waals surface area (Å²) in [5, 5.41) is 8.03. The molecule has 84 valence electrons. The van der Waals surface area contributed by atoms with Crippen LogP contribution in [0.2, 0.25) is 0 Å². The molecule has 0 aliphatic rings. The molecule has 0 aliphatic carbocycles. The van der Waals surface area contributed by atoms with Crippen molar-refractivity contribution in [2.75, 3.05) is 13.2 Å². The molecule has 0 saturated heterocycles. The van der Waals surface area contributed by atoms with Crippen LogP contribution >= 0.6 is 0 Å². The third-order valence-electron chi connectivity index (χ3n) is 1.73. The Balaban J connectivity index is 3.33. The zero-order valence-corrected chi connectivity index (χ0v) is 9.21. The molecule has 0 aromatic carbocycles. The molecule has 0 rings (SSSR count). The van der Waals surface area contributed by atoms with E-state index >= 15 is 0 Å². The van der Waals surface area contributed by atoms with E-state index in [1.807, 2.05) is 20.8 Å². The Morgan fingerprint density at radius 1 is 1.14 bits per heavy atom. The molecular formula is C10H20O4. The highest BCUT2D eigenvalue weighted by atomic mass is 17.1. The average molecular weight is 204 g/mol. The number of hydrogen-bond donors (Lipinski definition) is 1. The summed E-state index contributed by atoms with van der Waals surface area (Å²) in [7, 11) is 0. The fraction of sp³-hybridized carbons (Fsp3) is 0.900. The maximum atomic E-state index is 11.3. The van der Waals surface area contributed by atoms with Crippen LogP contribution in [-0.2, 0) is 14.4 Å². The maximum absolute atomic E-state index is 11.3. The molecular weight excluding hydrogens is 184 g/mol. The van der Waals surface area contributed by atoms with Crippen molar-refractivity contribution in [1.29, 1.82) is 0 Å². The minimum absolute atomic E-state index is 0.170. The van der Waals surface area contributed by atoms with Crippen LogP contribution in [0.5, 0.6) is 0 Å². The fourth-order valence-electron chi connectivity index (χ4n) is 0.827. The first kappa shape index (κ1) is 13.4. The lowest BCUT2D eigenvalue weighted by atomic mass is 9.97. The smallest absolute Gasteiger partial charge is 0.311 e. The number of hydrogen-bond acceptors (Lipinski definition) is 4. The SMILES string of the molecule is CC(C)(C)C(=O)OCCCCCOO. The molecule has 0 fully saturated rings. The van der Waals surface area contributed by atoms with E-state index in [1.54, 1.807) is 0 Å². The third kappa shape index (κ3) is 6.86. The van der Waals surface area contributed by atoms with Gasteiger partial charge in [0.1, 0.15) is 0 Å². The molecule has 0 aromatic rings. The van der Waals surface area contributed by atoms with Gasteiger partial charge in [0.05, 0.1) is 18.6 Å². The predicted octanol–water partition coefficient (Wildman–Crippen LogP) is 2.24. The predicted molar refractivity (Wildman–Crippen MR) is 52.8 cm³/mol. The van der Waals surface area contributed by atoms with E-state index in [2.05, 4.69) is 4.89 Å². The minimum Gasteiger partial charge on any atom is -0.465 e. The summed E-state index contributed by atoms with van der Waals surface area (Å²) in [4.78, 5) is 15.2. The lowest BCUT2D eigenvalue weighted by molar-refractivity contribution is -0.242. The van der Waals surface area contributed by atoms with Gasteiger partial charge in [0.25, 0.3) is 0 Å². The largest absolute Gasteiger partial charge is 0.465 e. The number of carbonyl (C=O) groups excluding carboxylic acids is 1. The van der Waals surface area contributed by atoms with Crippen molar-refractivity contribution in [3.8, 4) is 0 Å². The molecule has 0 saturated carbocycles. The normalized spacial score (nSPS) is 11.4. The monoisotopic (exact) mass is 204 g/mol. The molecule has 0 heterocycles. The van der Waals surface area contributed by atoms with Crippen LogP contribution in [0.3, 0.4) is 0 Å². The third-order valence-corrected chi connectivity index (χ3v) is 1.73. The second kappa shape index (κ2) is 6.79. The standard InChI is InChI=1S/C10H20O4/c1-10(2,3)9(11)13-7-5-4-6-8-14-12/h12H,4-8H2,1-3H3. The summed E-state index contributed by atoms with van der Waals surface area (Å²) in [6.07, 6.45) is 2.48. The Morgan fingerprint density at radius 2 is 1.71 bits per heavy atom. The summed E-state index contributed by atoms with van der Waals surface area (Å²) < 4.78 is 5.04. The van der Waals surface area contributed by atoms with Crippen molar-refractivity contribution in [3.63, 3.8) is 0 Å². The first-order valence-corrected chi connectivity index (χ1v) is 4.92. The van der Waals surface area contributed by atoms with E-state index in [1.165, 1.54) is 0 Å². The van der Waals surface area contributed by atoms with E-state index in [9.17, 15) is 4.79 Å². The van der Waals surface area contributed by atoms with Gasteiger partial charge >= 0.3 is 5.97 Å². The highest BCUT2D eigenvalue weighted by molar-refractivity contribution is 5.75. The van der Waals surface area contributed by atoms with Crippen molar-refractivity contribution in [3.05, 3.63) is 0 Å². The summed E-state index contributed by atoms with van der Waals surface area (Å²) in [6, 6.07) is 0. The van der Waals surface area contributed by atoms with Gasteiger partial charge in [-0.25, -0.2) is 4.89 Å². The highest BCUT2D eigenvalue weighted by Gasteiger charge is 2.22. The van der Waals surface area contributed by atoms with Crippen molar-refractivity contribution in [2.45, 2.75) is 40.0 Å². The van der Waals surface area contributed by atoms with E-state index in [-0.39, 0.29) is 5.97 Å². The molecule has 1 N–H and O–H groups in total. The maximum Gasteiger partial charge on any atom is 0.311 e. The number of ether oxygens (including phenoxy) is 1. The summed E-state index contributed by atoms with van der Waals surface area (Å²) >= 11 is 0. The molecule has 14 heavy (non-hydrogen) atoms. The van der Waals surface area contributed by atoms with Crippen molar-refractivity contribution >= 4 is 5.97 Å². The highest BCUT2D eigenvalue weighted by Crippen LogP contribution is 2.15. The summed E-state index contributed by atoms with van der Waals surface area (Å²) in [5.41, 5.74) is -0.422. The quantitative estimate of drug-likeness (QED) is 0.312. The molecule has 0 bridgehead atoms. The van der Waals surface area contributed by atoms with Crippen molar-refractivity contribution < 1.29 is 19.7 Å². The van der Waals surface area contributed by atoms with Gasteiger partial charge in [0, 0.05) is 0 Å². The van der Waals surface area contributed by atoms with Crippen molar-refractivity contribution in [2.24, 2.45) is 5.41 Å². The fourth-order valence-corrected chi connectivity index (χ4v) is 0.827.